The van der Waals surface area contributed by atoms with Gasteiger partial charge in [-0.25, -0.2) is 0 Å². The number of rotatable bonds is 5. The van der Waals surface area contributed by atoms with E-state index in [1.54, 1.807) is 12.3 Å². The smallest absolute Gasteiger partial charge is 0.255 e. The molecule has 1 heterocycles. The van der Waals surface area contributed by atoms with Gasteiger partial charge in [0.1, 0.15) is 11.9 Å². The first-order chi connectivity index (χ1) is 10.6. The molecule has 1 saturated carbocycles. The van der Waals surface area contributed by atoms with Gasteiger partial charge in [0.2, 0.25) is 0 Å². The molecule has 118 valence electrons. The second kappa shape index (κ2) is 6.31. The van der Waals surface area contributed by atoms with E-state index in [1.165, 1.54) is 0 Å². The molecule has 0 amide bonds. The average molecular weight is 321 g/mol. The second-order valence-corrected chi connectivity index (χ2v) is 6.17. The Morgan fingerprint density at radius 2 is 2.05 bits per heavy atom. The van der Waals surface area contributed by atoms with Crippen LogP contribution in [-0.4, -0.2) is 35.1 Å². The van der Waals surface area contributed by atoms with Crippen LogP contribution in [-0.2, 0) is 0 Å². The standard InChI is InChI=1S/C17H21ClN2O2/c1-3-20(4-2)12-8-13(9-12)22-16-7-11-5-6-19-17(21)14(11)10-15(16)18/h5-7,10,12-13H,3-4,8-9H2,1-2H3,(H,19,21)/t12-,13-. The molecule has 3 rings (SSSR count). The summed E-state index contributed by atoms with van der Waals surface area (Å²) in [6, 6.07) is 6.02. The van der Waals surface area contributed by atoms with E-state index in [-0.39, 0.29) is 11.7 Å². The third-order valence-corrected chi connectivity index (χ3v) is 4.81. The van der Waals surface area contributed by atoms with Gasteiger partial charge in [0.15, 0.2) is 0 Å². The highest BCUT2D eigenvalue weighted by molar-refractivity contribution is 6.32. The Morgan fingerprint density at radius 1 is 1.32 bits per heavy atom. The van der Waals surface area contributed by atoms with Crippen molar-refractivity contribution in [1.29, 1.82) is 0 Å². The zero-order valence-electron chi connectivity index (χ0n) is 12.9. The Labute approximate surface area is 135 Å². The molecule has 0 bridgehead atoms. The van der Waals surface area contributed by atoms with Crippen LogP contribution in [0.5, 0.6) is 5.75 Å². The maximum Gasteiger partial charge on any atom is 0.255 e. The van der Waals surface area contributed by atoms with Crippen LogP contribution in [0.2, 0.25) is 5.02 Å². The summed E-state index contributed by atoms with van der Waals surface area (Å²) in [5.41, 5.74) is -0.129. The fourth-order valence-corrected chi connectivity index (χ4v) is 3.34. The fourth-order valence-electron chi connectivity index (χ4n) is 3.13. The molecule has 1 aliphatic carbocycles. The molecule has 0 unspecified atom stereocenters. The summed E-state index contributed by atoms with van der Waals surface area (Å²) in [4.78, 5) is 16.9. The van der Waals surface area contributed by atoms with Crippen molar-refractivity contribution >= 4 is 22.4 Å². The van der Waals surface area contributed by atoms with Gasteiger partial charge in [0.25, 0.3) is 5.56 Å². The number of hydrogen-bond acceptors (Lipinski definition) is 3. The molecule has 1 N–H and O–H groups in total. The van der Waals surface area contributed by atoms with Gasteiger partial charge in [0.05, 0.1) is 5.02 Å². The number of aromatic nitrogens is 1. The first-order valence-corrected chi connectivity index (χ1v) is 8.21. The van der Waals surface area contributed by atoms with E-state index in [4.69, 9.17) is 16.3 Å². The van der Waals surface area contributed by atoms with Gasteiger partial charge in [-0.1, -0.05) is 25.4 Å². The van der Waals surface area contributed by atoms with E-state index in [9.17, 15) is 4.79 Å². The van der Waals surface area contributed by atoms with Crippen LogP contribution in [0, 0.1) is 0 Å². The molecule has 0 aliphatic heterocycles. The van der Waals surface area contributed by atoms with E-state index >= 15 is 0 Å². The number of hydrogen-bond donors (Lipinski definition) is 1. The molecule has 2 aromatic rings. The van der Waals surface area contributed by atoms with Crippen LogP contribution in [0.15, 0.2) is 29.2 Å². The minimum Gasteiger partial charge on any atom is -0.489 e. The van der Waals surface area contributed by atoms with E-state index in [2.05, 4.69) is 23.7 Å². The number of benzene rings is 1. The summed E-state index contributed by atoms with van der Waals surface area (Å²) in [6.45, 7) is 6.53. The Balaban J connectivity index is 1.73. The lowest BCUT2D eigenvalue weighted by Gasteiger charge is -2.42. The molecule has 0 saturated heterocycles. The Morgan fingerprint density at radius 3 is 2.73 bits per heavy atom. The van der Waals surface area contributed by atoms with Crippen LogP contribution in [0.3, 0.4) is 0 Å². The molecule has 22 heavy (non-hydrogen) atoms. The Bertz CT molecular complexity index is 718. The van der Waals surface area contributed by atoms with Gasteiger partial charge in [-0.15, -0.1) is 0 Å². The zero-order valence-corrected chi connectivity index (χ0v) is 13.7. The van der Waals surface area contributed by atoms with Crippen molar-refractivity contribution in [3.63, 3.8) is 0 Å². The molecule has 1 aromatic heterocycles. The number of pyridine rings is 1. The number of fused-ring (bicyclic) bond motifs is 1. The lowest BCUT2D eigenvalue weighted by molar-refractivity contribution is 0.0221. The normalized spacial score (nSPS) is 21.1. The zero-order chi connectivity index (χ0) is 15.7. The summed E-state index contributed by atoms with van der Waals surface area (Å²) in [5, 5.41) is 1.94. The topological polar surface area (TPSA) is 45.3 Å². The fraction of sp³-hybridized carbons (Fsp3) is 0.471. The van der Waals surface area contributed by atoms with Crippen LogP contribution in [0.4, 0.5) is 0 Å². The minimum atomic E-state index is -0.129. The summed E-state index contributed by atoms with van der Waals surface area (Å²) in [7, 11) is 0. The largest absolute Gasteiger partial charge is 0.489 e. The number of ether oxygens (including phenoxy) is 1. The molecular formula is C17H21ClN2O2. The van der Waals surface area contributed by atoms with Gasteiger partial charge in [-0.05, 0) is 36.7 Å². The van der Waals surface area contributed by atoms with Gasteiger partial charge in [-0.3, -0.25) is 4.79 Å². The highest BCUT2D eigenvalue weighted by Crippen LogP contribution is 2.34. The van der Waals surface area contributed by atoms with Gasteiger partial charge in [-0.2, -0.15) is 0 Å². The van der Waals surface area contributed by atoms with Crippen molar-refractivity contribution in [3.8, 4) is 5.75 Å². The monoisotopic (exact) mass is 320 g/mol. The molecule has 0 atom stereocenters. The van der Waals surface area contributed by atoms with Crippen molar-refractivity contribution in [2.75, 3.05) is 13.1 Å². The molecule has 1 aliphatic rings. The predicted octanol–water partition coefficient (Wildman–Crippen LogP) is 3.43. The first-order valence-electron chi connectivity index (χ1n) is 7.84. The van der Waals surface area contributed by atoms with Gasteiger partial charge in [0, 0.05) is 30.5 Å². The maximum absolute atomic E-state index is 11.8. The average Bonchev–Trinajstić information content (AvgIpc) is 2.47. The molecule has 1 fully saturated rings. The Hall–Kier alpha value is -1.52. The summed E-state index contributed by atoms with van der Waals surface area (Å²) < 4.78 is 6.03. The van der Waals surface area contributed by atoms with Crippen molar-refractivity contribution in [2.24, 2.45) is 0 Å². The molecule has 4 nitrogen and oxygen atoms in total. The number of aromatic amines is 1. The summed E-state index contributed by atoms with van der Waals surface area (Å²) in [6.07, 6.45) is 3.92. The van der Waals surface area contributed by atoms with Gasteiger partial charge >= 0.3 is 0 Å². The summed E-state index contributed by atoms with van der Waals surface area (Å²) in [5.74, 6) is 0.669. The molecule has 5 heteroatoms. The van der Waals surface area contributed by atoms with Crippen molar-refractivity contribution < 1.29 is 4.74 Å². The molecule has 0 spiro atoms. The summed E-state index contributed by atoms with van der Waals surface area (Å²) >= 11 is 6.27. The van der Waals surface area contributed by atoms with Crippen LogP contribution >= 0.6 is 11.6 Å². The molecule has 1 aromatic carbocycles. The van der Waals surface area contributed by atoms with Crippen molar-refractivity contribution in [2.45, 2.75) is 38.8 Å². The van der Waals surface area contributed by atoms with E-state index in [1.807, 2.05) is 12.1 Å². The third-order valence-electron chi connectivity index (χ3n) is 4.52. The van der Waals surface area contributed by atoms with Gasteiger partial charge < -0.3 is 14.6 Å². The van der Waals surface area contributed by atoms with Crippen molar-refractivity contribution in [3.05, 3.63) is 39.8 Å². The third kappa shape index (κ3) is 2.85. The quantitative estimate of drug-likeness (QED) is 0.918. The van der Waals surface area contributed by atoms with Crippen LogP contribution in [0.1, 0.15) is 26.7 Å². The minimum absolute atomic E-state index is 0.129. The highest BCUT2D eigenvalue weighted by atomic mass is 35.5. The lowest BCUT2D eigenvalue weighted by Crippen LogP contribution is -2.49. The van der Waals surface area contributed by atoms with E-state index in [0.29, 0.717) is 22.2 Å². The van der Waals surface area contributed by atoms with E-state index in [0.717, 1.165) is 31.3 Å². The molecule has 0 radical (unpaired) electrons. The Kier molecular flexibility index (Phi) is 4.41. The SMILES string of the molecule is CCN(CC)[C@H]1C[C@H](Oc2cc3cc[nH]c(=O)c3cc2Cl)C1. The highest BCUT2D eigenvalue weighted by Gasteiger charge is 2.34. The van der Waals surface area contributed by atoms with Crippen molar-refractivity contribution in [1.82, 2.24) is 9.88 Å². The predicted molar refractivity (Wildman–Crippen MR) is 89.9 cm³/mol. The maximum atomic E-state index is 11.8. The first kappa shape index (κ1) is 15.4. The van der Waals surface area contributed by atoms with Crippen LogP contribution < -0.4 is 10.3 Å². The number of halogens is 1. The number of nitrogens with one attached hydrogen (secondary N) is 1. The molecular weight excluding hydrogens is 300 g/mol. The number of nitrogens with zero attached hydrogens (tertiary/aromatic N) is 1. The van der Waals surface area contributed by atoms with Crippen LogP contribution in [0.25, 0.3) is 10.8 Å². The lowest BCUT2D eigenvalue weighted by atomic mass is 9.87. The second-order valence-electron chi connectivity index (χ2n) is 5.76. The number of H-pyrrole nitrogens is 1. The van der Waals surface area contributed by atoms with E-state index < -0.39 is 0 Å².